The summed E-state index contributed by atoms with van der Waals surface area (Å²) < 4.78 is 4.61. The number of rotatable bonds is 3. The molecule has 18 heavy (non-hydrogen) atoms. The summed E-state index contributed by atoms with van der Waals surface area (Å²) in [5.41, 5.74) is -1.24. The van der Waals surface area contributed by atoms with Crippen LogP contribution in [-0.4, -0.2) is 71.8 Å². The lowest BCUT2D eigenvalue weighted by molar-refractivity contribution is -0.162. The minimum absolute atomic E-state index is 0.178. The second-order valence-corrected chi connectivity index (χ2v) is 6.20. The fourth-order valence-electron chi connectivity index (χ4n) is 2.30. The third kappa shape index (κ3) is 3.93. The first-order valence-electron chi connectivity index (χ1n) is 6.45. The molecule has 1 unspecified atom stereocenters. The minimum atomic E-state index is -1.42. The molecular formula is C13H26N2O3. The van der Waals surface area contributed by atoms with Crippen LogP contribution in [0.1, 0.15) is 27.7 Å². The largest absolute Gasteiger partial charge is 0.467 e. The maximum Gasteiger partial charge on any atom is 0.338 e. The van der Waals surface area contributed by atoms with Crippen molar-refractivity contribution in [3.05, 3.63) is 0 Å². The number of β-amino-alcohol motifs (C(OH)–C–C–N with tert-alkyl or cyclic N) is 1. The van der Waals surface area contributed by atoms with Gasteiger partial charge >= 0.3 is 5.97 Å². The van der Waals surface area contributed by atoms with Gasteiger partial charge < -0.3 is 9.84 Å². The van der Waals surface area contributed by atoms with Gasteiger partial charge in [0.1, 0.15) is 0 Å². The van der Waals surface area contributed by atoms with Crippen molar-refractivity contribution in [2.75, 3.05) is 39.8 Å². The van der Waals surface area contributed by atoms with Crippen LogP contribution in [0.2, 0.25) is 0 Å². The number of aliphatic hydroxyl groups is 1. The van der Waals surface area contributed by atoms with Crippen LogP contribution in [0.5, 0.6) is 0 Å². The highest BCUT2D eigenvalue weighted by Gasteiger charge is 2.35. The van der Waals surface area contributed by atoms with Gasteiger partial charge in [-0.2, -0.15) is 0 Å². The van der Waals surface area contributed by atoms with Gasteiger partial charge in [0.2, 0.25) is 0 Å². The molecule has 1 rings (SSSR count). The van der Waals surface area contributed by atoms with E-state index in [2.05, 4.69) is 35.3 Å². The summed E-state index contributed by atoms with van der Waals surface area (Å²) in [6.07, 6.45) is 0. The predicted molar refractivity (Wildman–Crippen MR) is 70.4 cm³/mol. The Labute approximate surface area is 110 Å². The van der Waals surface area contributed by atoms with Crippen LogP contribution in [0.4, 0.5) is 0 Å². The molecule has 1 aliphatic rings. The number of carbonyl (C=O) groups is 1. The molecule has 0 amide bonds. The molecule has 1 atom stereocenters. The first kappa shape index (κ1) is 15.4. The highest BCUT2D eigenvalue weighted by atomic mass is 16.5. The number of carbonyl (C=O) groups excluding carboxylic acids is 1. The van der Waals surface area contributed by atoms with E-state index in [1.54, 1.807) is 0 Å². The lowest BCUT2D eigenvalue weighted by Gasteiger charge is -2.43. The summed E-state index contributed by atoms with van der Waals surface area (Å²) in [6, 6.07) is 0. The van der Waals surface area contributed by atoms with Gasteiger partial charge in [-0.1, -0.05) is 0 Å². The number of hydrogen-bond acceptors (Lipinski definition) is 5. The van der Waals surface area contributed by atoms with Crippen LogP contribution in [-0.2, 0) is 9.53 Å². The SMILES string of the molecule is COC(=O)C(C)(O)CN1CCN(C(C)(C)C)CC1. The van der Waals surface area contributed by atoms with E-state index in [4.69, 9.17) is 0 Å². The number of piperazine rings is 1. The first-order chi connectivity index (χ1) is 8.16. The van der Waals surface area contributed by atoms with E-state index in [0.29, 0.717) is 6.54 Å². The highest BCUT2D eigenvalue weighted by molar-refractivity contribution is 5.78. The monoisotopic (exact) mass is 258 g/mol. The van der Waals surface area contributed by atoms with E-state index in [0.717, 1.165) is 26.2 Å². The molecule has 1 fully saturated rings. The molecule has 5 heteroatoms. The standard InChI is InChI=1S/C13H26N2O3/c1-12(2,3)15-8-6-14(7-9-15)10-13(4,17)11(16)18-5/h17H,6-10H2,1-5H3. The van der Waals surface area contributed by atoms with Crippen molar-refractivity contribution in [1.29, 1.82) is 0 Å². The van der Waals surface area contributed by atoms with Crippen molar-refractivity contribution >= 4 is 5.97 Å². The third-order valence-corrected chi connectivity index (χ3v) is 3.48. The molecule has 1 saturated heterocycles. The maximum absolute atomic E-state index is 11.4. The van der Waals surface area contributed by atoms with Gasteiger partial charge in [0.05, 0.1) is 7.11 Å². The Balaban J connectivity index is 2.47. The van der Waals surface area contributed by atoms with Crippen LogP contribution in [0, 0.1) is 0 Å². The van der Waals surface area contributed by atoms with Crippen molar-refractivity contribution in [1.82, 2.24) is 9.80 Å². The lowest BCUT2D eigenvalue weighted by Crippen LogP contribution is -2.57. The average Bonchev–Trinajstić information content (AvgIpc) is 2.26. The van der Waals surface area contributed by atoms with Crippen molar-refractivity contribution in [3.63, 3.8) is 0 Å². The van der Waals surface area contributed by atoms with Gasteiger partial charge in [0.15, 0.2) is 5.60 Å². The van der Waals surface area contributed by atoms with Crippen molar-refractivity contribution in [2.45, 2.75) is 38.8 Å². The average molecular weight is 258 g/mol. The Kier molecular flexibility index (Phi) is 4.75. The molecule has 0 bridgehead atoms. The molecule has 0 aromatic rings. The second-order valence-electron chi connectivity index (χ2n) is 6.20. The summed E-state index contributed by atoms with van der Waals surface area (Å²) in [5.74, 6) is -0.569. The van der Waals surface area contributed by atoms with E-state index >= 15 is 0 Å². The quantitative estimate of drug-likeness (QED) is 0.739. The molecular weight excluding hydrogens is 232 g/mol. The molecule has 0 spiro atoms. The topological polar surface area (TPSA) is 53.0 Å². The van der Waals surface area contributed by atoms with Crippen LogP contribution in [0.3, 0.4) is 0 Å². The van der Waals surface area contributed by atoms with E-state index in [9.17, 15) is 9.90 Å². The Morgan fingerprint density at radius 3 is 2.06 bits per heavy atom. The fraction of sp³-hybridized carbons (Fsp3) is 0.923. The van der Waals surface area contributed by atoms with Gasteiger partial charge in [0.25, 0.3) is 0 Å². The van der Waals surface area contributed by atoms with Crippen LogP contribution < -0.4 is 0 Å². The zero-order chi connectivity index (χ0) is 14.0. The Morgan fingerprint density at radius 2 is 1.67 bits per heavy atom. The Bertz CT molecular complexity index is 289. The van der Waals surface area contributed by atoms with Crippen molar-refractivity contribution in [3.8, 4) is 0 Å². The Morgan fingerprint density at radius 1 is 1.17 bits per heavy atom. The fourth-order valence-corrected chi connectivity index (χ4v) is 2.30. The van der Waals surface area contributed by atoms with Gasteiger partial charge in [-0.05, 0) is 27.7 Å². The third-order valence-electron chi connectivity index (χ3n) is 3.48. The van der Waals surface area contributed by atoms with Gasteiger partial charge in [-0.25, -0.2) is 4.79 Å². The Hall–Kier alpha value is -0.650. The summed E-state index contributed by atoms with van der Waals surface area (Å²) >= 11 is 0. The molecule has 1 aliphatic heterocycles. The molecule has 0 aromatic heterocycles. The molecule has 106 valence electrons. The summed E-state index contributed by atoms with van der Waals surface area (Å²) in [7, 11) is 1.30. The number of esters is 1. The summed E-state index contributed by atoms with van der Waals surface area (Å²) in [4.78, 5) is 15.9. The number of methoxy groups -OCH3 is 1. The number of nitrogens with zero attached hydrogens (tertiary/aromatic N) is 2. The zero-order valence-corrected chi connectivity index (χ0v) is 12.2. The minimum Gasteiger partial charge on any atom is -0.467 e. The van der Waals surface area contributed by atoms with E-state index in [-0.39, 0.29) is 5.54 Å². The molecule has 0 saturated carbocycles. The number of ether oxygens (including phenoxy) is 1. The second kappa shape index (κ2) is 5.55. The molecule has 0 aromatic carbocycles. The molecule has 1 N–H and O–H groups in total. The summed E-state index contributed by atoms with van der Waals surface area (Å²) in [6.45, 7) is 12.1. The molecule has 0 aliphatic carbocycles. The number of hydrogen-bond donors (Lipinski definition) is 1. The van der Waals surface area contributed by atoms with E-state index in [1.807, 2.05) is 0 Å². The first-order valence-corrected chi connectivity index (χ1v) is 6.45. The molecule has 5 nitrogen and oxygen atoms in total. The smallest absolute Gasteiger partial charge is 0.338 e. The van der Waals surface area contributed by atoms with Crippen LogP contribution in [0.15, 0.2) is 0 Å². The van der Waals surface area contributed by atoms with E-state index in [1.165, 1.54) is 14.0 Å². The predicted octanol–water partition coefficient (Wildman–Crippen LogP) is 0.327. The zero-order valence-electron chi connectivity index (χ0n) is 12.2. The van der Waals surface area contributed by atoms with Gasteiger partial charge in [-0.15, -0.1) is 0 Å². The van der Waals surface area contributed by atoms with Crippen molar-refractivity contribution < 1.29 is 14.6 Å². The summed E-state index contributed by atoms with van der Waals surface area (Å²) in [5, 5.41) is 10.0. The van der Waals surface area contributed by atoms with Crippen LogP contribution >= 0.6 is 0 Å². The van der Waals surface area contributed by atoms with Gasteiger partial charge in [-0.3, -0.25) is 9.80 Å². The highest BCUT2D eigenvalue weighted by Crippen LogP contribution is 2.17. The van der Waals surface area contributed by atoms with E-state index < -0.39 is 11.6 Å². The lowest BCUT2D eigenvalue weighted by atomic mass is 10.0. The maximum atomic E-state index is 11.4. The van der Waals surface area contributed by atoms with Crippen molar-refractivity contribution in [2.24, 2.45) is 0 Å². The molecule has 1 heterocycles. The molecule has 0 radical (unpaired) electrons. The normalized spacial score (nSPS) is 22.6. The van der Waals surface area contributed by atoms with Gasteiger partial charge in [0, 0.05) is 38.3 Å². The van der Waals surface area contributed by atoms with Crippen LogP contribution in [0.25, 0.3) is 0 Å².